The summed E-state index contributed by atoms with van der Waals surface area (Å²) in [6, 6.07) is 28.2. The van der Waals surface area contributed by atoms with Crippen LogP contribution in [-0.2, 0) is 9.79 Å². The van der Waals surface area contributed by atoms with Gasteiger partial charge >= 0.3 is 0 Å². The van der Waals surface area contributed by atoms with Crippen LogP contribution in [0.4, 0.5) is 11.4 Å². The Morgan fingerprint density at radius 3 is 1.93 bits per heavy atom. The zero-order valence-corrected chi connectivity index (χ0v) is 17.5. The fourth-order valence-corrected chi connectivity index (χ4v) is 5.16. The van der Waals surface area contributed by atoms with Gasteiger partial charge in [0.2, 0.25) is 4.99 Å². The van der Waals surface area contributed by atoms with Crippen molar-refractivity contribution in [3.05, 3.63) is 96.1 Å². The molecular formula is C24H20N4OS. The van der Waals surface area contributed by atoms with Crippen molar-refractivity contribution in [1.82, 2.24) is 0 Å². The SMILES string of the molecule is CC(=O)C1=NN(c2ccccc2)[C@]2(S1)c1ccccc1C(C)=NN2c1ccccc1. The third kappa shape index (κ3) is 2.75. The molecule has 3 aromatic carbocycles. The standard InChI is InChI=1S/C24H20N4OS/c1-17-21-15-9-10-16-22(21)24(27(25-17)19-11-5-3-6-12-19)28(20-13-7-4-8-14-20)26-23(30-24)18(2)29/h3-16H,1-2H3/t24-/m0/s1. The first-order valence-corrected chi connectivity index (χ1v) is 10.6. The summed E-state index contributed by atoms with van der Waals surface area (Å²) in [7, 11) is 0. The fraction of sp³-hybridized carbons (Fsp3) is 0.125. The number of anilines is 2. The molecule has 0 N–H and O–H groups in total. The Morgan fingerprint density at radius 1 is 0.800 bits per heavy atom. The van der Waals surface area contributed by atoms with Gasteiger partial charge in [-0.1, -0.05) is 60.7 Å². The lowest BCUT2D eigenvalue weighted by Crippen LogP contribution is -2.53. The van der Waals surface area contributed by atoms with E-state index in [1.54, 1.807) is 6.92 Å². The van der Waals surface area contributed by atoms with E-state index in [1.807, 2.05) is 89.7 Å². The van der Waals surface area contributed by atoms with Crippen molar-refractivity contribution < 1.29 is 4.79 Å². The highest BCUT2D eigenvalue weighted by molar-refractivity contribution is 8.17. The van der Waals surface area contributed by atoms with Gasteiger partial charge in [0.1, 0.15) is 0 Å². The molecule has 0 saturated carbocycles. The summed E-state index contributed by atoms with van der Waals surface area (Å²) < 4.78 is 0. The third-order valence-electron chi connectivity index (χ3n) is 5.22. The number of para-hydroxylation sites is 2. The summed E-state index contributed by atoms with van der Waals surface area (Å²) in [6.45, 7) is 3.57. The van der Waals surface area contributed by atoms with Crippen molar-refractivity contribution in [3.63, 3.8) is 0 Å². The maximum absolute atomic E-state index is 12.4. The lowest BCUT2D eigenvalue weighted by molar-refractivity contribution is -0.110. The number of nitrogens with zero attached hydrogens (tertiary/aromatic N) is 4. The molecule has 0 fully saturated rings. The van der Waals surface area contributed by atoms with Crippen LogP contribution < -0.4 is 10.0 Å². The molecule has 0 saturated heterocycles. The topological polar surface area (TPSA) is 48.3 Å². The summed E-state index contributed by atoms with van der Waals surface area (Å²) >= 11 is 1.44. The third-order valence-corrected chi connectivity index (χ3v) is 6.64. The molecule has 0 aromatic heterocycles. The molecule has 0 radical (unpaired) electrons. The first-order valence-electron chi connectivity index (χ1n) is 9.75. The highest BCUT2D eigenvalue weighted by Gasteiger charge is 2.55. The molecule has 3 aromatic rings. The Balaban J connectivity index is 1.82. The molecule has 2 aliphatic heterocycles. The minimum atomic E-state index is -0.847. The molecule has 0 amide bonds. The first-order chi connectivity index (χ1) is 14.6. The average Bonchev–Trinajstić information content (AvgIpc) is 3.19. The van der Waals surface area contributed by atoms with Crippen molar-refractivity contribution in [2.45, 2.75) is 18.8 Å². The van der Waals surface area contributed by atoms with E-state index in [-0.39, 0.29) is 5.78 Å². The van der Waals surface area contributed by atoms with Crippen molar-refractivity contribution in [1.29, 1.82) is 0 Å². The number of benzene rings is 3. The van der Waals surface area contributed by atoms with Crippen LogP contribution in [0, 0.1) is 0 Å². The van der Waals surface area contributed by atoms with E-state index in [0.717, 1.165) is 28.2 Å². The summed E-state index contributed by atoms with van der Waals surface area (Å²) in [4.78, 5) is 11.6. The van der Waals surface area contributed by atoms with Crippen molar-refractivity contribution in [3.8, 4) is 0 Å². The number of Topliss-reactive ketones (excluding diaryl/α,β-unsaturated/α-hetero) is 1. The molecule has 5 rings (SSSR count). The van der Waals surface area contributed by atoms with Crippen molar-refractivity contribution >= 4 is 39.7 Å². The van der Waals surface area contributed by atoms with Crippen LogP contribution in [0.3, 0.4) is 0 Å². The van der Waals surface area contributed by atoms with Crippen LogP contribution in [-0.4, -0.2) is 16.5 Å². The predicted octanol–water partition coefficient (Wildman–Crippen LogP) is 5.20. The van der Waals surface area contributed by atoms with Gasteiger partial charge in [-0.15, -0.1) is 0 Å². The Bertz CT molecular complexity index is 1180. The van der Waals surface area contributed by atoms with E-state index in [1.165, 1.54) is 11.8 Å². The summed E-state index contributed by atoms with van der Waals surface area (Å²) in [5.74, 6) is -0.0606. The lowest BCUT2D eigenvalue weighted by Gasteiger charge is -2.46. The van der Waals surface area contributed by atoms with Gasteiger partial charge in [-0.2, -0.15) is 10.2 Å². The number of carbonyl (C=O) groups excluding carboxylic acids is 1. The number of rotatable bonds is 3. The van der Waals surface area contributed by atoms with Crippen LogP contribution in [0.5, 0.6) is 0 Å². The number of carbonyl (C=O) groups is 1. The quantitative estimate of drug-likeness (QED) is 0.593. The largest absolute Gasteiger partial charge is 0.292 e. The van der Waals surface area contributed by atoms with Crippen LogP contribution in [0.1, 0.15) is 25.0 Å². The van der Waals surface area contributed by atoms with Gasteiger partial charge in [0.15, 0.2) is 10.8 Å². The van der Waals surface area contributed by atoms with Gasteiger partial charge in [0.05, 0.1) is 17.1 Å². The lowest BCUT2D eigenvalue weighted by atomic mass is 9.98. The van der Waals surface area contributed by atoms with E-state index in [4.69, 9.17) is 10.2 Å². The number of hydrogen-bond acceptors (Lipinski definition) is 6. The van der Waals surface area contributed by atoms with Crippen LogP contribution in [0.15, 0.2) is 95.1 Å². The van der Waals surface area contributed by atoms with Gasteiger partial charge in [-0.05, 0) is 43.0 Å². The highest BCUT2D eigenvalue weighted by atomic mass is 32.2. The summed E-state index contributed by atoms with van der Waals surface area (Å²) in [6.07, 6.45) is 0. The van der Waals surface area contributed by atoms with E-state index < -0.39 is 4.99 Å². The molecule has 6 heteroatoms. The molecule has 1 spiro atoms. The second kappa shape index (κ2) is 7.15. The molecule has 0 bridgehead atoms. The normalized spacial score (nSPS) is 20.1. The first kappa shape index (κ1) is 18.6. The van der Waals surface area contributed by atoms with E-state index in [0.29, 0.717) is 5.04 Å². The fourth-order valence-electron chi connectivity index (χ4n) is 3.87. The number of hydrogen-bond donors (Lipinski definition) is 0. The van der Waals surface area contributed by atoms with Crippen LogP contribution >= 0.6 is 11.8 Å². The highest BCUT2D eigenvalue weighted by Crippen LogP contribution is 2.54. The monoisotopic (exact) mass is 412 g/mol. The van der Waals surface area contributed by atoms with E-state index in [9.17, 15) is 4.79 Å². The summed E-state index contributed by atoms with van der Waals surface area (Å²) in [5, 5.41) is 14.2. The second-order valence-electron chi connectivity index (χ2n) is 7.20. The van der Waals surface area contributed by atoms with Crippen LogP contribution in [0.2, 0.25) is 0 Å². The van der Waals surface area contributed by atoms with Crippen LogP contribution in [0.25, 0.3) is 0 Å². The van der Waals surface area contributed by atoms with Gasteiger partial charge in [0.25, 0.3) is 0 Å². The van der Waals surface area contributed by atoms with Gasteiger partial charge < -0.3 is 0 Å². The number of fused-ring (bicyclic) bond motifs is 2. The predicted molar refractivity (Wildman–Crippen MR) is 124 cm³/mol. The second-order valence-corrected chi connectivity index (χ2v) is 8.36. The Kier molecular flexibility index (Phi) is 4.44. The summed E-state index contributed by atoms with van der Waals surface area (Å²) in [5.41, 5.74) is 4.85. The van der Waals surface area contributed by atoms with Crippen molar-refractivity contribution in [2.24, 2.45) is 10.2 Å². The molecule has 30 heavy (non-hydrogen) atoms. The number of thioether (sulfide) groups is 1. The minimum absolute atomic E-state index is 0.0606. The van der Waals surface area contributed by atoms with Gasteiger partial charge in [0, 0.05) is 18.1 Å². The smallest absolute Gasteiger partial charge is 0.234 e. The number of hydrazone groups is 2. The Labute approximate surface area is 179 Å². The van der Waals surface area contributed by atoms with E-state index >= 15 is 0 Å². The molecular weight excluding hydrogens is 392 g/mol. The molecule has 5 nitrogen and oxygen atoms in total. The maximum atomic E-state index is 12.4. The maximum Gasteiger partial charge on any atom is 0.234 e. The number of ketones is 1. The molecule has 2 aliphatic rings. The average molecular weight is 413 g/mol. The molecule has 0 aliphatic carbocycles. The van der Waals surface area contributed by atoms with E-state index in [2.05, 4.69) is 12.1 Å². The zero-order valence-electron chi connectivity index (χ0n) is 16.7. The molecule has 0 unspecified atom stereocenters. The Morgan fingerprint density at radius 2 is 1.33 bits per heavy atom. The molecule has 1 atom stereocenters. The molecule has 2 heterocycles. The van der Waals surface area contributed by atoms with Crippen molar-refractivity contribution in [2.75, 3.05) is 10.0 Å². The zero-order chi connectivity index (χ0) is 20.7. The van der Waals surface area contributed by atoms with Gasteiger partial charge in [-0.25, -0.2) is 10.0 Å². The molecule has 148 valence electrons. The Hall–Kier alpha value is -3.38. The minimum Gasteiger partial charge on any atom is -0.292 e. The van der Waals surface area contributed by atoms with Gasteiger partial charge in [-0.3, -0.25) is 4.79 Å².